The van der Waals surface area contributed by atoms with Crippen LogP contribution >= 0.6 is 0 Å². The van der Waals surface area contributed by atoms with Gasteiger partial charge in [-0.05, 0) is 56.7 Å². The summed E-state index contributed by atoms with van der Waals surface area (Å²) in [6.45, 7) is 6.19. The van der Waals surface area contributed by atoms with E-state index in [2.05, 4.69) is 4.98 Å². The van der Waals surface area contributed by atoms with Crippen LogP contribution < -0.4 is 0 Å². The number of nitrogens with one attached hydrogen (secondary N) is 1. The van der Waals surface area contributed by atoms with Crippen molar-refractivity contribution in [2.45, 2.75) is 20.8 Å². The van der Waals surface area contributed by atoms with Gasteiger partial charge in [-0.25, -0.2) is 9.59 Å². The second-order valence-corrected chi connectivity index (χ2v) is 5.96. The molecule has 0 fully saturated rings. The van der Waals surface area contributed by atoms with Gasteiger partial charge in [0.05, 0.1) is 29.9 Å². The summed E-state index contributed by atoms with van der Waals surface area (Å²) < 4.78 is 10.2. The van der Waals surface area contributed by atoms with Crippen molar-refractivity contribution in [1.82, 2.24) is 4.98 Å². The Morgan fingerprint density at radius 2 is 1.50 bits per heavy atom. The zero-order valence-electron chi connectivity index (χ0n) is 15.1. The molecule has 0 aliphatic heterocycles. The minimum atomic E-state index is -0.349. The van der Waals surface area contributed by atoms with Gasteiger partial charge in [0.25, 0.3) is 0 Å². The van der Waals surface area contributed by atoms with E-state index in [0.717, 1.165) is 27.7 Å². The molecule has 1 heterocycles. The molecule has 0 saturated carbocycles. The Kier molecular flexibility index (Phi) is 5.07. The van der Waals surface area contributed by atoms with E-state index in [1.807, 2.05) is 37.3 Å². The van der Waals surface area contributed by atoms with Crippen LogP contribution in [0.1, 0.15) is 40.3 Å². The average molecular weight is 351 g/mol. The van der Waals surface area contributed by atoms with Gasteiger partial charge in [-0.2, -0.15) is 0 Å². The number of carbonyl (C=O) groups is 2. The summed E-state index contributed by atoms with van der Waals surface area (Å²) in [5.41, 5.74) is 4.73. The molecule has 3 aromatic rings. The number of aromatic nitrogens is 1. The number of benzene rings is 2. The van der Waals surface area contributed by atoms with Crippen LogP contribution in [0.15, 0.2) is 42.5 Å². The van der Waals surface area contributed by atoms with Crippen molar-refractivity contribution in [2.75, 3.05) is 13.2 Å². The third kappa shape index (κ3) is 3.47. The highest BCUT2D eigenvalue weighted by atomic mass is 16.5. The maximum absolute atomic E-state index is 12.2. The lowest BCUT2D eigenvalue weighted by molar-refractivity contribution is 0.0517. The average Bonchev–Trinajstić information content (AvgIpc) is 3.01. The predicted octanol–water partition coefficient (Wildman–Crippen LogP) is 4.50. The van der Waals surface area contributed by atoms with Crippen molar-refractivity contribution in [2.24, 2.45) is 0 Å². The van der Waals surface area contributed by atoms with Crippen LogP contribution in [-0.2, 0) is 9.47 Å². The van der Waals surface area contributed by atoms with Crippen molar-refractivity contribution in [3.63, 3.8) is 0 Å². The van der Waals surface area contributed by atoms with Gasteiger partial charge in [-0.15, -0.1) is 0 Å². The third-order valence-corrected chi connectivity index (χ3v) is 4.08. The Morgan fingerprint density at radius 1 is 0.885 bits per heavy atom. The molecule has 0 aliphatic carbocycles. The number of rotatable bonds is 5. The molecule has 0 unspecified atom stereocenters. The molecule has 1 N–H and O–H groups in total. The summed E-state index contributed by atoms with van der Waals surface area (Å²) in [4.78, 5) is 27.4. The van der Waals surface area contributed by atoms with Crippen molar-refractivity contribution in [3.05, 3.63) is 59.3 Å². The van der Waals surface area contributed by atoms with E-state index in [0.29, 0.717) is 24.3 Å². The number of fused-ring (bicyclic) bond motifs is 1. The van der Waals surface area contributed by atoms with Gasteiger partial charge < -0.3 is 14.5 Å². The Labute approximate surface area is 151 Å². The molecule has 0 amide bonds. The number of esters is 2. The van der Waals surface area contributed by atoms with E-state index in [9.17, 15) is 9.59 Å². The summed E-state index contributed by atoms with van der Waals surface area (Å²) in [6.07, 6.45) is 0. The van der Waals surface area contributed by atoms with Gasteiger partial charge in [0.15, 0.2) is 0 Å². The summed E-state index contributed by atoms with van der Waals surface area (Å²) in [5.74, 6) is -0.696. The fourth-order valence-electron chi connectivity index (χ4n) is 2.94. The SMILES string of the molecule is CCOC(=O)c1ccc(-c2cc(C(=O)OCC)cc3cc(C)[nH]c23)cc1. The first-order valence-electron chi connectivity index (χ1n) is 8.61. The zero-order chi connectivity index (χ0) is 18.7. The van der Waals surface area contributed by atoms with Gasteiger partial charge in [0, 0.05) is 16.6 Å². The highest BCUT2D eigenvalue weighted by Gasteiger charge is 2.15. The summed E-state index contributed by atoms with van der Waals surface area (Å²) in [6, 6.07) is 12.8. The first-order chi connectivity index (χ1) is 12.5. The Morgan fingerprint density at radius 3 is 2.12 bits per heavy atom. The fraction of sp³-hybridized carbons (Fsp3) is 0.238. The van der Waals surface area contributed by atoms with Crippen LogP contribution in [-0.4, -0.2) is 30.1 Å². The van der Waals surface area contributed by atoms with Gasteiger partial charge in [-0.1, -0.05) is 12.1 Å². The molecule has 3 rings (SSSR count). The molecule has 0 aliphatic rings. The van der Waals surface area contributed by atoms with Crippen LogP contribution in [0, 0.1) is 6.92 Å². The number of hydrogen-bond donors (Lipinski definition) is 1. The number of aryl methyl sites for hydroxylation is 1. The molecule has 5 heteroatoms. The zero-order valence-corrected chi connectivity index (χ0v) is 15.1. The van der Waals surface area contributed by atoms with Gasteiger partial charge in [-0.3, -0.25) is 0 Å². The number of aromatic amines is 1. The highest BCUT2D eigenvalue weighted by molar-refractivity contribution is 6.02. The molecular formula is C21H21NO4. The number of hydrogen-bond acceptors (Lipinski definition) is 4. The molecule has 0 atom stereocenters. The van der Waals surface area contributed by atoms with Crippen molar-refractivity contribution in [1.29, 1.82) is 0 Å². The van der Waals surface area contributed by atoms with E-state index < -0.39 is 0 Å². The number of ether oxygens (including phenoxy) is 2. The molecule has 0 radical (unpaired) electrons. The number of H-pyrrole nitrogens is 1. The smallest absolute Gasteiger partial charge is 0.338 e. The molecule has 0 bridgehead atoms. The van der Waals surface area contributed by atoms with E-state index in [1.165, 1.54) is 0 Å². The van der Waals surface area contributed by atoms with E-state index >= 15 is 0 Å². The second-order valence-electron chi connectivity index (χ2n) is 5.96. The molecule has 5 nitrogen and oxygen atoms in total. The molecule has 26 heavy (non-hydrogen) atoms. The maximum Gasteiger partial charge on any atom is 0.338 e. The van der Waals surface area contributed by atoms with Crippen LogP contribution in [0.3, 0.4) is 0 Å². The first-order valence-corrected chi connectivity index (χ1v) is 8.61. The summed E-state index contributed by atoms with van der Waals surface area (Å²) in [7, 11) is 0. The van der Waals surface area contributed by atoms with E-state index in [1.54, 1.807) is 26.0 Å². The fourth-order valence-corrected chi connectivity index (χ4v) is 2.94. The molecule has 0 spiro atoms. The van der Waals surface area contributed by atoms with E-state index in [4.69, 9.17) is 9.47 Å². The maximum atomic E-state index is 12.2. The van der Waals surface area contributed by atoms with Crippen LogP contribution in [0.25, 0.3) is 22.0 Å². The summed E-state index contributed by atoms with van der Waals surface area (Å²) in [5, 5.41) is 0.942. The van der Waals surface area contributed by atoms with Crippen molar-refractivity contribution >= 4 is 22.8 Å². The van der Waals surface area contributed by atoms with Gasteiger partial charge in [0.2, 0.25) is 0 Å². The Bertz CT molecular complexity index is 954. The Balaban J connectivity index is 2.08. The minimum absolute atomic E-state index is 0.326. The monoisotopic (exact) mass is 351 g/mol. The molecule has 134 valence electrons. The first kappa shape index (κ1) is 17.7. The highest BCUT2D eigenvalue weighted by Crippen LogP contribution is 2.31. The van der Waals surface area contributed by atoms with Crippen molar-refractivity contribution in [3.8, 4) is 11.1 Å². The molecular weight excluding hydrogens is 330 g/mol. The van der Waals surface area contributed by atoms with Crippen LogP contribution in [0.4, 0.5) is 0 Å². The third-order valence-electron chi connectivity index (χ3n) is 4.08. The topological polar surface area (TPSA) is 68.4 Å². The minimum Gasteiger partial charge on any atom is -0.462 e. The quantitative estimate of drug-likeness (QED) is 0.687. The standard InChI is InChI=1S/C21H21NO4/c1-4-25-20(23)15-8-6-14(7-9-15)18-12-17(21(24)26-5-2)11-16-10-13(3)22-19(16)18/h6-12,22H,4-5H2,1-3H3. The second kappa shape index (κ2) is 7.44. The van der Waals surface area contributed by atoms with Crippen LogP contribution in [0.5, 0.6) is 0 Å². The molecule has 0 saturated heterocycles. The van der Waals surface area contributed by atoms with Crippen LogP contribution in [0.2, 0.25) is 0 Å². The summed E-state index contributed by atoms with van der Waals surface area (Å²) >= 11 is 0. The normalized spacial score (nSPS) is 10.7. The molecule has 1 aromatic heterocycles. The lowest BCUT2D eigenvalue weighted by Gasteiger charge is -2.09. The molecule has 2 aromatic carbocycles. The lowest BCUT2D eigenvalue weighted by Crippen LogP contribution is -2.05. The predicted molar refractivity (Wildman–Crippen MR) is 100 cm³/mol. The van der Waals surface area contributed by atoms with Gasteiger partial charge >= 0.3 is 11.9 Å². The van der Waals surface area contributed by atoms with Gasteiger partial charge in [0.1, 0.15) is 0 Å². The number of carbonyl (C=O) groups excluding carboxylic acids is 2. The largest absolute Gasteiger partial charge is 0.462 e. The van der Waals surface area contributed by atoms with Crippen molar-refractivity contribution < 1.29 is 19.1 Å². The van der Waals surface area contributed by atoms with E-state index in [-0.39, 0.29) is 11.9 Å². The lowest BCUT2D eigenvalue weighted by atomic mass is 9.99. The Hall–Kier alpha value is -3.08.